The van der Waals surface area contributed by atoms with Crippen molar-refractivity contribution in [2.45, 2.75) is 110 Å². The molecule has 0 heterocycles. The van der Waals surface area contributed by atoms with Gasteiger partial charge in [0.05, 0.1) is 27.1 Å². The number of esters is 2. The van der Waals surface area contributed by atoms with Gasteiger partial charge in [-0.2, -0.15) is 8.78 Å². The van der Waals surface area contributed by atoms with Crippen molar-refractivity contribution in [1.29, 1.82) is 0 Å². The van der Waals surface area contributed by atoms with Crippen molar-refractivity contribution in [3.05, 3.63) is 59.2 Å². The fraction of sp³-hybridized carbons (Fsp3) is 0.512. The Kier molecular flexibility index (Phi) is 20.5. The minimum absolute atomic E-state index is 0.0872. The molecule has 6 amide bonds. The highest BCUT2D eigenvalue weighted by Crippen LogP contribution is 2.29. The molecule has 2 rings (SSSR count). The third kappa shape index (κ3) is 16.5. The highest BCUT2D eigenvalue weighted by molar-refractivity contribution is 6.05. The van der Waals surface area contributed by atoms with Gasteiger partial charge in [-0.1, -0.05) is 66.7 Å². The lowest BCUT2D eigenvalue weighted by Crippen LogP contribution is -2.60. The van der Waals surface area contributed by atoms with E-state index in [0.717, 1.165) is 26.7 Å². The van der Waals surface area contributed by atoms with E-state index >= 15 is 0 Å². The molecule has 2 aromatic rings. The number of amides is 6. The number of hydrogen-bond donors (Lipinski definition) is 6. The number of rotatable bonds is 22. The first-order valence-corrected chi connectivity index (χ1v) is 20.2. The van der Waals surface area contributed by atoms with Crippen LogP contribution in [-0.2, 0) is 58.0 Å². The van der Waals surface area contributed by atoms with E-state index in [4.69, 9.17) is 4.74 Å². The molecule has 358 valence electrons. The summed E-state index contributed by atoms with van der Waals surface area (Å²) < 4.78 is 69.4. The third-order valence-electron chi connectivity index (χ3n) is 9.56. The van der Waals surface area contributed by atoms with Crippen molar-refractivity contribution in [3.63, 3.8) is 0 Å². The lowest BCUT2D eigenvalue weighted by molar-refractivity contribution is -0.145. The predicted molar refractivity (Wildman–Crippen MR) is 223 cm³/mol. The molecule has 18 nitrogen and oxygen atoms in total. The van der Waals surface area contributed by atoms with Gasteiger partial charge in [0.2, 0.25) is 47.1 Å². The Morgan fingerprint density at radius 2 is 1.11 bits per heavy atom. The van der Waals surface area contributed by atoms with Gasteiger partial charge < -0.3 is 46.1 Å². The van der Waals surface area contributed by atoms with Crippen LogP contribution in [0.15, 0.2) is 30.3 Å². The van der Waals surface area contributed by atoms with Crippen molar-refractivity contribution < 1.29 is 74.9 Å². The van der Waals surface area contributed by atoms with E-state index < -0.39 is 150 Å². The van der Waals surface area contributed by atoms with E-state index in [0.29, 0.717) is 5.69 Å². The molecule has 0 aliphatic heterocycles. The monoisotopic (exact) mass is 924 g/mol. The minimum Gasteiger partial charge on any atom is -0.479 e. The number of hydrogen-bond acceptors (Lipinski definition) is 12. The third-order valence-corrected chi connectivity index (χ3v) is 9.56. The van der Waals surface area contributed by atoms with Gasteiger partial charge in [0.15, 0.2) is 23.2 Å². The first kappa shape index (κ1) is 54.5. The van der Waals surface area contributed by atoms with Crippen LogP contribution in [0.4, 0.5) is 23.2 Å². The molecular formula is C43H56F4N6O12. The van der Waals surface area contributed by atoms with Crippen LogP contribution >= 0.6 is 0 Å². The number of anilines is 1. The molecule has 0 saturated carbocycles. The fourth-order valence-corrected chi connectivity index (χ4v) is 5.94. The maximum absolute atomic E-state index is 14.1. The summed E-state index contributed by atoms with van der Waals surface area (Å²) in [4.78, 5) is 117. The number of methoxy groups -OCH3 is 2. The van der Waals surface area contributed by atoms with Gasteiger partial charge in [-0.15, -0.1) is 0 Å². The average Bonchev–Trinajstić information content (AvgIpc) is 3.22. The molecule has 0 spiro atoms. The second-order valence-electron chi connectivity index (χ2n) is 16.5. The van der Waals surface area contributed by atoms with Crippen molar-refractivity contribution >= 4 is 58.9 Å². The summed E-state index contributed by atoms with van der Waals surface area (Å²) in [6.45, 7) is 11.9. The van der Waals surface area contributed by atoms with Crippen LogP contribution < -0.4 is 36.6 Å². The van der Waals surface area contributed by atoms with Crippen LogP contribution in [0.5, 0.6) is 5.75 Å². The zero-order valence-electron chi connectivity index (χ0n) is 37.7. The van der Waals surface area contributed by atoms with E-state index in [1.165, 1.54) is 13.8 Å². The van der Waals surface area contributed by atoms with Crippen LogP contribution in [0.3, 0.4) is 0 Å². The summed E-state index contributed by atoms with van der Waals surface area (Å²) >= 11 is 0. The molecule has 0 radical (unpaired) electrons. The maximum Gasteiger partial charge on any atom is 0.308 e. The zero-order chi connectivity index (χ0) is 49.5. The van der Waals surface area contributed by atoms with Crippen LogP contribution in [0.1, 0.15) is 80.2 Å². The largest absolute Gasteiger partial charge is 0.479 e. The van der Waals surface area contributed by atoms with Crippen LogP contribution in [0, 0.1) is 35.1 Å². The first-order chi connectivity index (χ1) is 30.2. The van der Waals surface area contributed by atoms with E-state index in [9.17, 15) is 60.7 Å². The van der Waals surface area contributed by atoms with Gasteiger partial charge in [-0.05, 0) is 35.8 Å². The molecule has 5 atom stereocenters. The van der Waals surface area contributed by atoms with Crippen LogP contribution in [-0.4, -0.2) is 104 Å². The normalized spacial score (nSPS) is 13.5. The molecule has 0 bridgehead atoms. The summed E-state index contributed by atoms with van der Waals surface area (Å²) in [6.07, 6.45) is -2.25. The van der Waals surface area contributed by atoms with E-state index in [-0.39, 0.29) is 11.5 Å². The van der Waals surface area contributed by atoms with E-state index in [1.807, 2.05) is 32.9 Å². The van der Waals surface area contributed by atoms with Crippen molar-refractivity contribution in [3.8, 4) is 5.75 Å². The number of carbonyl (C=O) groups excluding carboxylic acids is 9. The highest BCUT2D eigenvalue weighted by Gasteiger charge is 2.35. The molecular weight excluding hydrogens is 868 g/mol. The Morgan fingerprint density at radius 3 is 1.63 bits per heavy atom. The molecule has 0 aliphatic rings. The van der Waals surface area contributed by atoms with Crippen molar-refractivity contribution in [1.82, 2.24) is 26.6 Å². The Balaban J connectivity index is 2.19. The molecule has 6 N–H and O–H groups in total. The second kappa shape index (κ2) is 24.5. The number of benzene rings is 2. The first-order valence-electron chi connectivity index (χ1n) is 20.2. The van der Waals surface area contributed by atoms with Gasteiger partial charge in [0.25, 0.3) is 0 Å². The van der Waals surface area contributed by atoms with Gasteiger partial charge in [0, 0.05) is 11.8 Å². The smallest absolute Gasteiger partial charge is 0.308 e. The zero-order valence-corrected chi connectivity index (χ0v) is 37.7. The van der Waals surface area contributed by atoms with Gasteiger partial charge in [0.1, 0.15) is 43.2 Å². The highest BCUT2D eigenvalue weighted by atomic mass is 19.2. The van der Waals surface area contributed by atoms with Crippen LogP contribution in [0.2, 0.25) is 0 Å². The molecule has 65 heavy (non-hydrogen) atoms. The van der Waals surface area contributed by atoms with Crippen LogP contribution in [0.25, 0.3) is 0 Å². The number of nitrogens with one attached hydrogen (secondary N) is 6. The quantitative estimate of drug-likeness (QED) is 0.0431. The lowest BCUT2D eigenvalue weighted by atomic mass is 9.86. The summed E-state index contributed by atoms with van der Waals surface area (Å²) in [7, 11) is 1.98. The number of Topliss-reactive ketones (excluding diaryl/α,β-unsaturated/α-hetero) is 1. The topological polar surface area (TPSA) is 253 Å². The predicted octanol–water partition coefficient (Wildman–Crippen LogP) is 2.40. The summed E-state index contributed by atoms with van der Waals surface area (Å²) in [6, 6.07) is -0.804. The SMILES string of the molecule is COC(=O)CC(NC(=O)[C@H](C)NC(=O)[C@@H](NC(=O)[C@H](CC(=O)OC)NC(=O)[C@@H](NC(=O)CC(=O)Nc1ccccc1C(C)(C)C)C(C)C)C(C)C)C(=O)COc1c(F)c(F)cc(F)c1F. The van der Waals surface area contributed by atoms with Crippen molar-refractivity contribution in [2.75, 3.05) is 26.1 Å². The standard InChI is InChI=1S/C43H56F4N6O12/c1-20(2)36(52-31(56)18-30(55)49-26-14-12-11-13-23(26)43(6,7)8)42(62)51-28(17-33(58)64-10)40(60)53-37(21(3)4)41(61)48-22(5)39(59)50-27(16-32(57)63-9)29(54)19-65-38-34(46)24(44)15-25(45)35(38)47/h11-15,20-22,27-28,36-37H,16-19H2,1-10H3,(H,48,61)(H,49,55)(H,50,59)(H,51,62)(H,52,56)(H,53,60)/t22-,27?,28-,36-,37-/m0/s1. The average molecular weight is 925 g/mol. The van der Waals surface area contributed by atoms with E-state index in [2.05, 4.69) is 41.4 Å². The van der Waals surface area contributed by atoms with Crippen molar-refractivity contribution in [2.24, 2.45) is 11.8 Å². The molecule has 1 unspecified atom stereocenters. The Labute approximate surface area is 373 Å². The Morgan fingerprint density at radius 1 is 0.615 bits per heavy atom. The number of para-hydroxylation sites is 1. The summed E-state index contributed by atoms with van der Waals surface area (Å²) in [5, 5.41) is 14.5. The second-order valence-corrected chi connectivity index (χ2v) is 16.5. The molecule has 22 heteroatoms. The number of ether oxygens (including phenoxy) is 3. The summed E-state index contributed by atoms with van der Waals surface area (Å²) in [5.41, 5.74) is 0.991. The molecule has 0 aromatic heterocycles. The number of ketones is 1. The Bertz CT molecular complexity index is 2090. The van der Waals surface area contributed by atoms with E-state index in [1.54, 1.807) is 26.0 Å². The fourth-order valence-electron chi connectivity index (χ4n) is 5.94. The number of halogens is 4. The molecule has 0 saturated heterocycles. The number of carbonyl (C=O) groups is 9. The Hall–Kier alpha value is -6.61. The molecule has 0 aliphatic carbocycles. The minimum atomic E-state index is -1.95. The van der Waals surface area contributed by atoms with Gasteiger partial charge in [-0.3, -0.25) is 43.2 Å². The van der Waals surface area contributed by atoms with Gasteiger partial charge >= 0.3 is 11.9 Å². The summed E-state index contributed by atoms with van der Waals surface area (Å²) in [5.74, 6) is -19.2. The molecule has 0 fully saturated rings. The van der Waals surface area contributed by atoms with Gasteiger partial charge in [-0.25, -0.2) is 8.78 Å². The lowest BCUT2D eigenvalue weighted by Gasteiger charge is -2.28. The molecule has 2 aromatic carbocycles. The maximum atomic E-state index is 14.1.